The molecule has 0 aliphatic rings. The molecule has 2 aromatic rings. The lowest BCUT2D eigenvalue weighted by atomic mass is 10.2. The maximum Gasteiger partial charge on any atom is 0.258 e. The monoisotopic (exact) mass is 336 g/mol. The van der Waals surface area contributed by atoms with Crippen molar-refractivity contribution >= 4 is 40.2 Å². The van der Waals surface area contributed by atoms with E-state index in [1.54, 1.807) is 30.5 Å². The van der Waals surface area contributed by atoms with Gasteiger partial charge in [0.25, 0.3) is 5.91 Å². The molecule has 0 fully saturated rings. The van der Waals surface area contributed by atoms with Crippen LogP contribution in [0.3, 0.4) is 0 Å². The van der Waals surface area contributed by atoms with E-state index in [-0.39, 0.29) is 0 Å². The van der Waals surface area contributed by atoms with Gasteiger partial charge in [0.2, 0.25) is 11.8 Å². The van der Waals surface area contributed by atoms with Crippen molar-refractivity contribution in [2.24, 2.45) is 11.5 Å². The van der Waals surface area contributed by atoms with E-state index < -0.39 is 30.4 Å². The second-order valence-corrected chi connectivity index (χ2v) is 4.95. The minimum Gasteiger partial charge on any atom is -0.481 e. The molecule has 23 heavy (non-hydrogen) atoms. The number of nitrogens with one attached hydrogen (secondary N) is 1. The molecular formula is C14H13ClN4O4. The molecule has 0 radical (unpaired) electrons. The lowest BCUT2D eigenvalue weighted by molar-refractivity contribution is -0.134. The number of rotatable bonds is 6. The minimum atomic E-state index is -1.59. The Morgan fingerprint density at radius 2 is 1.91 bits per heavy atom. The SMILES string of the molecule is NC(=O)C(NC(=O)COc1ccc(Cl)c2cccnc12)C(N)=O. The fourth-order valence-corrected chi connectivity index (χ4v) is 2.07. The predicted molar refractivity (Wildman–Crippen MR) is 82.6 cm³/mol. The number of aromatic nitrogens is 1. The highest BCUT2D eigenvalue weighted by molar-refractivity contribution is 6.35. The largest absolute Gasteiger partial charge is 0.481 e. The summed E-state index contributed by atoms with van der Waals surface area (Å²) in [5.74, 6) is -2.50. The first-order valence-corrected chi connectivity index (χ1v) is 6.82. The van der Waals surface area contributed by atoms with Gasteiger partial charge >= 0.3 is 0 Å². The number of pyridine rings is 1. The third kappa shape index (κ3) is 3.86. The summed E-state index contributed by atoms with van der Waals surface area (Å²) < 4.78 is 5.36. The van der Waals surface area contributed by atoms with Gasteiger partial charge in [-0.15, -0.1) is 0 Å². The van der Waals surface area contributed by atoms with Crippen LogP contribution in [0.15, 0.2) is 30.5 Å². The van der Waals surface area contributed by atoms with Gasteiger partial charge in [0, 0.05) is 11.6 Å². The molecule has 2 rings (SSSR count). The van der Waals surface area contributed by atoms with Gasteiger partial charge in [0.1, 0.15) is 11.3 Å². The molecule has 8 nitrogen and oxygen atoms in total. The highest BCUT2D eigenvalue weighted by Gasteiger charge is 2.24. The number of hydrogen-bond acceptors (Lipinski definition) is 5. The van der Waals surface area contributed by atoms with Crippen LogP contribution in [0, 0.1) is 0 Å². The van der Waals surface area contributed by atoms with Crippen molar-refractivity contribution in [3.05, 3.63) is 35.5 Å². The maximum atomic E-state index is 11.7. The molecule has 120 valence electrons. The summed E-state index contributed by atoms with van der Waals surface area (Å²) in [5, 5.41) is 3.25. The van der Waals surface area contributed by atoms with Gasteiger partial charge in [-0.3, -0.25) is 19.4 Å². The zero-order valence-corrected chi connectivity index (χ0v) is 12.5. The molecule has 0 bridgehead atoms. The number of nitrogens with two attached hydrogens (primary N) is 2. The molecule has 0 unspecified atom stereocenters. The number of benzene rings is 1. The summed E-state index contributed by atoms with van der Waals surface area (Å²) in [5.41, 5.74) is 10.4. The lowest BCUT2D eigenvalue weighted by Gasteiger charge is -2.13. The highest BCUT2D eigenvalue weighted by atomic mass is 35.5. The molecule has 3 amide bonds. The highest BCUT2D eigenvalue weighted by Crippen LogP contribution is 2.29. The van der Waals surface area contributed by atoms with Crippen LogP contribution in [0.4, 0.5) is 0 Å². The quantitative estimate of drug-likeness (QED) is 0.623. The van der Waals surface area contributed by atoms with Crippen molar-refractivity contribution in [3.63, 3.8) is 0 Å². The Morgan fingerprint density at radius 3 is 2.57 bits per heavy atom. The Kier molecular flexibility index (Phi) is 4.97. The van der Waals surface area contributed by atoms with E-state index in [0.29, 0.717) is 21.7 Å². The van der Waals surface area contributed by atoms with Crippen LogP contribution in [0.1, 0.15) is 0 Å². The first-order valence-electron chi connectivity index (χ1n) is 6.44. The summed E-state index contributed by atoms with van der Waals surface area (Å²) in [7, 11) is 0. The van der Waals surface area contributed by atoms with E-state index in [2.05, 4.69) is 10.3 Å². The van der Waals surface area contributed by atoms with E-state index in [1.165, 1.54) is 0 Å². The third-order valence-electron chi connectivity index (χ3n) is 2.91. The van der Waals surface area contributed by atoms with Gasteiger partial charge in [-0.2, -0.15) is 0 Å². The third-order valence-corrected chi connectivity index (χ3v) is 3.24. The smallest absolute Gasteiger partial charge is 0.258 e. The fourth-order valence-electron chi connectivity index (χ4n) is 1.86. The Morgan fingerprint density at radius 1 is 1.22 bits per heavy atom. The zero-order chi connectivity index (χ0) is 17.0. The number of amides is 3. The molecule has 0 saturated heterocycles. The molecular weight excluding hydrogens is 324 g/mol. The number of halogens is 1. The average molecular weight is 337 g/mol. The second-order valence-electron chi connectivity index (χ2n) is 4.54. The van der Waals surface area contributed by atoms with Crippen LogP contribution in [-0.2, 0) is 14.4 Å². The van der Waals surface area contributed by atoms with Crippen molar-refractivity contribution in [3.8, 4) is 5.75 Å². The molecule has 1 heterocycles. The van der Waals surface area contributed by atoms with E-state index >= 15 is 0 Å². The summed E-state index contributed by atoms with van der Waals surface area (Å²) in [4.78, 5) is 37.9. The molecule has 1 aromatic carbocycles. The van der Waals surface area contributed by atoms with Crippen molar-refractivity contribution in [1.82, 2.24) is 10.3 Å². The lowest BCUT2D eigenvalue weighted by Crippen LogP contribution is -2.53. The average Bonchev–Trinajstić information content (AvgIpc) is 2.51. The fraction of sp³-hybridized carbons (Fsp3) is 0.143. The Hall–Kier alpha value is -2.87. The number of carbonyl (C=O) groups excluding carboxylic acids is 3. The van der Waals surface area contributed by atoms with Gasteiger partial charge in [-0.1, -0.05) is 11.6 Å². The number of primary amides is 2. The number of hydrogen-bond donors (Lipinski definition) is 3. The maximum absolute atomic E-state index is 11.7. The van der Waals surface area contributed by atoms with Gasteiger partial charge in [0.15, 0.2) is 12.6 Å². The van der Waals surface area contributed by atoms with E-state index in [9.17, 15) is 14.4 Å². The number of carbonyl (C=O) groups is 3. The topological polar surface area (TPSA) is 137 Å². The van der Waals surface area contributed by atoms with Crippen LogP contribution in [0.25, 0.3) is 10.9 Å². The Bertz CT molecular complexity index is 766. The molecule has 5 N–H and O–H groups in total. The molecule has 9 heteroatoms. The molecule has 0 spiro atoms. The van der Waals surface area contributed by atoms with Crippen molar-refractivity contribution in [2.45, 2.75) is 6.04 Å². The van der Waals surface area contributed by atoms with Crippen molar-refractivity contribution < 1.29 is 19.1 Å². The summed E-state index contributed by atoms with van der Waals surface area (Å²) in [6, 6.07) is 5.05. The van der Waals surface area contributed by atoms with E-state index in [4.69, 9.17) is 27.8 Å². The number of fused-ring (bicyclic) bond motifs is 1. The first-order chi connectivity index (χ1) is 10.9. The molecule has 0 aliphatic heterocycles. The number of nitrogens with zero attached hydrogens (tertiary/aromatic N) is 1. The molecule has 0 atom stereocenters. The van der Waals surface area contributed by atoms with Crippen LogP contribution in [0.2, 0.25) is 5.02 Å². The Balaban J connectivity index is 2.09. The first kappa shape index (κ1) is 16.5. The Labute approximate surface area is 135 Å². The van der Waals surface area contributed by atoms with E-state index in [0.717, 1.165) is 0 Å². The van der Waals surface area contributed by atoms with Gasteiger partial charge < -0.3 is 21.5 Å². The summed E-state index contributed by atoms with van der Waals surface area (Å²) in [6.45, 7) is -0.454. The molecule has 0 aliphatic carbocycles. The standard InChI is InChI=1S/C14H13ClN4O4/c15-8-3-4-9(11-7(8)2-1-5-18-11)23-6-10(20)19-12(13(16)21)14(17)22/h1-5,12H,6H2,(H2,16,21)(H2,17,22)(H,19,20). The van der Waals surface area contributed by atoms with E-state index in [1.807, 2.05) is 0 Å². The zero-order valence-electron chi connectivity index (χ0n) is 11.8. The molecule has 0 saturated carbocycles. The van der Waals surface area contributed by atoms with Gasteiger partial charge in [0.05, 0.1) is 5.02 Å². The van der Waals surface area contributed by atoms with Crippen LogP contribution < -0.4 is 21.5 Å². The van der Waals surface area contributed by atoms with Crippen LogP contribution >= 0.6 is 11.6 Å². The summed E-state index contributed by atoms with van der Waals surface area (Å²) in [6.07, 6.45) is 1.56. The minimum absolute atomic E-state index is 0.329. The summed E-state index contributed by atoms with van der Waals surface area (Å²) >= 11 is 6.05. The second kappa shape index (κ2) is 6.93. The predicted octanol–water partition coefficient (Wildman–Crippen LogP) is -0.278. The van der Waals surface area contributed by atoms with Crippen LogP contribution in [0.5, 0.6) is 5.75 Å². The molecule has 1 aromatic heterocycles. The number of ether oxygens (including phenoxy) is 1. The van der Waals surface area contributed by atoms with Crippen molar-refractivity contribution in [1.29, 1.82) is 0 Å². The normalized spacial score (nSPS) is 10.5. The van der Waals surface area contributed by atoms with Gasteiger partial charge in [-0.05, 0) is 24.3 Å². The van der Waals surface area contributed by atoms with Crippen molar-refractivity contribution in [2.75, 3.05) is 6.61 Å². The van der Waals surface area contributed by atoms with Gasteiger partial charge in [-0.25, -0.2) is 0 Å². The van der Waals surface area contributed by atoms with Crippen LogP contribution in [-0.4, -0.2) is 35.4 Å².